The Hall–Kier alpha value is -0.100. The second-order valence-corrected chi connectivity index (χ2v) is 6.80. The summed E-state index contributed by atoms with van der Waals surface area (Å²) in [5, 5.41) is 3.48. The Morgan fingerprint density at radius 3 is 2.90 bits per heavy atom. The van der Waals surface area contributed by atoms with Gasteiger partial charge in [0.2, 0.25) is 0 Å². The molecule has 5 heteroatoms. The standard InChI is InChI=1S/C15H21Br2NO2/c1-19-15-11(8-12(16)9-14(15)17)10-18-6-5-13-4-2-3-7-20-13/h8-9,13,18H,2-7,10H2,1H3. The van der Waals surface area contributed by atoms with Crippen molar-refractivity contribution in [3.05, 3.63) is 26.6 Å². The Bertz CT molecular complexity index is 434. The molecule has 112 valence electrons. The topological polar surface area (TPSA) is 30.5 Å². The van der Waals surface area contributed by atoms with E-state index >= 15 is 0 Å². The van der Waals surface area contributed by atoms with E-state index in [1.807, 2.05) is 6.07 Å². The molecule has 0 radical (unpaired) electrons. The van der Waals surface area contributed by atoms with Crippen molar-refractivity contribution in [3.8, 4) is 5.75 Å². The van der Waals surface area contributed by atoms with Crippen molar-refractivity contribution in [2.45, 2.75) is 38.3 Å². The van der Waals surface area contributed by atoms with Gasteiger partial charge in [-0.05, 0) is 60.3 Å². The second-order valence-electron chi connectivity index (χ2n) is 5.03. The molecule has 1 fully saturated rings. The molecule has 1 aromatic carbocycles. The summed E-state index contributed by atoms with van der Waals surface area (Å²) < 4.78 is 13.2. The number of benzene rings is 1. The van der Waals surface area contributed by atoms with Crippen LogP contribution in [0.3, 0.4) is 0 Å². The Morgan fingerprint density at radius 2 is 2.20 bits per heavy atom. The predicted molar refractivity (Wildman–Crippen MR) is 88.3 cm³/mol. The SMILES string of the molecule is COc1c(Br)cc(Br)cc1CNCCC1CCCCO1. The first kappa shape index (κ1) is 16.3. The largest absolute Gasteiger partial charge is 0.495 e. The Labute approximate surface area is 137 Å². The quantitative estimate of drug-likeness (QED) is 0.715. The second kappa shape index (κ2) is 8.37. The van der Waals surface area contributed by atoms with Crippen LogP contribution >= 0.6 is 31.9 Å². The van der Waals surface area contributed by atoms with E-state index in [9.17, 15) is 0 Å². The number of methoxy groups -OCH3 is 1. The van der Waals surface area contributed by atoms with E-state index in [1.165, 1.54) is 19.3 Å². The minimum absolute atomic E-state index is 0.437. The molecule has 0 aromatic heterocycles. The molecule has 3 nitrogen and oxygen atoms in total. The first-order valence-electron chi connectivity index (χ1n) is 7.05. The smallest absolute Gasteiger partial charge is 0.137 e. The summed E-state index contributed by atoms with van der Waals surface area (Å²) in [5.41, 5.74) is 1.15. The van der Waals surface area contributed by atoms with Crippen molar-refractivity contribution in [1.29, 1.82) is 0 Å². The number of hydrogen-bond donors (Lipinski definition) is 1. The van der Waals surface area contributed by atoms with Crippen molar-refractivity contribution < 1.29 is 9.47 Å². The summed E-state index contributed by atoms with van der Waals surface area (Å²) in [4.78, 5) is 0. The Kier molecular flexibility index (Phi) is 6.81. The molecule has 1 aromatic rings. The van der Waals surface area contributed by atoms with Crippen LogP contribution in [0.2, 0.25) is 0 Å². The summed E-state index contributed by atoms with van der Waals surface area (Å²) in [5.74, 6) is 0.898. The predicted octanol–water partition coefficient (Wildman–Crippen LogP) is 4.27. The number of ether oxygens (including phenoxy) is 2. The van der Waals surface area contributed by atoms with Crippen molar-refractivity contribution in [1.82, 2.24) is 5.32 Å². The van der Waals surface area contributed by atoms with Crippen molar-refractivity contribution >= 4 is 31.9 Å². The fourth-order valence-corrected chi connectivity index (χ4v) is 3.97. The first-order valence-corrected chi connectivity index (χ1v) is 8.63. The molecule has 0 bridgehead atoms. The van der Waals surface area contributed by atoms with Gasteiger partial charge >= 0.3 is 0 Å². The molecule has 1 aliphatic rings. The molecule has 2 rings (SSSR count). The minimum atomic E-state index is 0.437. The maximum absolute atomic E-state index is 5.73. The molecule has 0 amide bonds. The number of rotatable bonds is 6. The molecule has 1 heterocycles. The maximum atomic E-state index is 5.73. The lowest BCUT2D eigenvalue weighted by molar-refractivity contribution is 0.0115. The summed E-state index contributed by atoms with van der Waals surface area (Å²) >= 11 is 7.04. The number of nitrogens with one attached hydrogen (secondary N) is 1. The lowest BCUT2D eigenvalue weighted by atomic mass is 10.1. The molecule has 1 atom stereocenters. The molecule has 1 N–H and O–H groups in total. The lowest BCUT2D eigenvalue weighted by Crippen LogP contribution is -2.25. The van der Waals surface area contributed by atoms with Gasteiger partial charge in [-0.25, -0.2) is 0 Å². The third kappa shape index (κ3) is 4.72. The molecule has 0 spiro atoms. The zero-order valence-corrected chi connectivity index (χ0v) is 14.9. The molecule has 20 heavy (non-hydrogen) atoms. The fraction of sp³-hybridized carbons (Fsp3) is 0.600. The van der Waals surface area contributed by atoms with Gasteiger partial charge in [-0.15, -0.1) is 0 Å². The fourth-order valence-electron chi connectivity index (χ4n) is 2.49. The summed E-state index contributed by atoms with van der Waals surface area (Å²) in [7, 11) is 1.70. The average molecular weight is 407 g/mol. The monoisotopic (exact) mass is 405 g/mol. The lowest BCUT2D eigenvalue weighted by Gasteiger charge is -2.22. The van der Waals surface area contributed by atoms with Crippen LogP contribution in [-0.4, -0.2) is 26.4 Å². The van der Waals surface area contributed by atoms with Crippen LogP contribution < -0.4 is 10.1 Å². The van der Waals surface area contributed by atoms with Crippen molar-refractivity contribution in [3.63, 3.8) is 0 Å². The van der Waals surface area contributed by atoms with E-state index in [2.05, 4.69) is 43.2 Å². The zero-order valence-electron chi connectivity index (χ0n) is 11.8. The van der Waals surface area contributed by atoms with E-state index in [-0.39, 0.29) is 0 Å². The van der Waals surface area contributed by atoms with Gasteiger partial charge in [0.25, 0.3) is 0 Å². The Morgan fingerprint density at radius 1 is 1.35 bits per heavy atom. The van der Waals surface area contributed by atoms with Gasteiger partial charge in [-0.1, -0.05) is 15.9 Å². The van der Waals surface area contributed by atoms with Crippen LogP contribution in [0.15, 0.2) is 21.1 Å². The van der Waals surface area contributed by atoms with E-state index < -0.39 is 0 Å². The highest BCUT2D eigenvalue weighted by Gasteiger charge is 2.13. The summed E-state index contributed by atoms with van der Waals surface area (Å²) in [6.07, 6.45) is 5.24. The van der Waals surface area contributed by atoms with Gasteiger partial charge in [0.15, 0.2) is 0 Å². The van der Waals surface area contributed by atoms with Crippen LogP contribution in [0.1, 0.15) is 31.2 Å². The van der Waals surface area contributed by atoms with E-state index in [0.29, 0.717) is 6.10 Å². The van der Waals surface area contributed by atoms with Crippen LogP contribution in [0, 0.1) is 0 Å². The van der Waals surface area contributed by atoms with Crippen molar-refractivity contribution in [2.24, 2.45) is 0 Å². The first-order chi connectivity index (χ1) is 9.70. The van der Waals surface area contributed by atoms with Crippen LogP contribution in [0.4, 0.5) is 0 Å². The van der Waals surface area contributed by atoms with Crippen LogP contribution in [0.25, 0.3) is 0 Å². The number of hydrogen-bond acceptors (Lipinski definition) is 3. The molecular formula is C15H21Br2NO2. The van der Waals surface area contributed by atoms with Gasteiger partial charge in [0.05, 0.1) is 17.7 Å². The highest BCUT2D eigenvalue weighted by Crippen LogP contribution is 2.32. The average Bonchev–Trinajstić information content (AvgIpc) is 2.44. The van der Waals surface area contributed by atoms with Gasteiger partial charge in [0.1, 0.15) is 5.75 Å². The molecule has 0 aliphatic carbocycles. The third-order valence-corrected chi connectivity index (χ3v) is 4.57. The van der Waals surface area contributed by atoms with Crippen molar-refractivity contribution in [2.75, 3.05) is 20.3 Å². The van der Waals surface area contributed by atoms with E-state index in [1.54, 1.807) is 7.11 Å². The molecule has 1 aliphatic heterocycles. The summed E-state index contributed by atoms with van der Waals surface area (Å²) in [6, 6.07) is 4.09. The van der Waals surface area contributed by atoms with E-state index in [0.717, 1.165) is 46.4 Å². The van der Waals surface area contributed by atoms with Gasteiger partial charge in [0, 0.05) is 23.2 Å². The van der Waals surface area contributed by atoms with Gasteiger partial charge in [-0.2, -0.15) is 0 Å². The Balaban J connectivity index is 1.81. The minimum Gasteiger partial charge on any atom is -0.495 e. The normalized spacial score (nSPS) is 19.1. The zero-order chi connectivity index (χ0) is 14.4. The molecule has 1 unspecified atom stereocenters. The summed E-state index contributed by atoms with van der Waals surface area (Å²) in [6.45, 7) is 2.70. The maximum Gasteiger partial charge on any atom is 0.137 e. The molecular weight excluding hydrogens is 386 g/mol. The molecule has 1 saturated heterocycles. The van der Waals surface area contributed by atoms with Gasteiger partial charge < -0.3 is 14.8 Å². The van der Waals surface area contributed by atoms with Crippen LogP contribution in [-0.2, 0) is 11.3 Å². The van der Waals surface area contributed by atoms with Crippen LogP contribution in [0.5, 0.6) is 5.75 Å². The molecule has 0 saturated carbocycles. The number of halogens is 2. The van der Waals surface area contributed by atoms with Gasteiger partial charge in [-0.3, -0.25) is 0 Å². The highest BCUT2D eigenvalue weighted by atomic mass is 79.9. The van der Waals surface area contributed by atoms with E-state index in [4.69, 9.17) is 9.47 Å². The highest BCUT2D eigenvalue weighted by molar-refractivity contribution is 9.11. The third-order valence-electron chi connectivity index (χ3n) is 3.52.